The SMILES string of the molecule is CC1(C)O[C@@H]2[C@H](O1)[C@@H](C1SCCCS1)OC(C)(C)O[C@@H]2CO. The zero-order valence-corrected chi connectivity index (χ0v) is 15.2. The predicted octanol–water partition coefficient (Wildman–Crippen LogP) is 2.22. The molecule has 7 heteroatoms. The van der Waals surface area contributed by atoms with Crippen molar-refractivity contribution in [3.05, 3.63) is 0 Å². The molecular weight excluding hydrogens is 324 g/mol. The van der Waals surface area contributed by atoms with E-state index in [-0.39, 0.29) is 24.9 Å². The van der Waals surface area contributed by atoms with Gasteiger partial charge in [-0.25, -0.2) is 0 Å². The second-order valence-corrected chi connectivity index (χ2v) is 9.65. The summed E-state index contributed by atoms with van der Waals surface area (Å²) < 4.78 is 24.8. The van der Waals surface area contributed by atoms with Gasteiger partial charge in [0.1, 0.15) is 24.4 Å². The van der Waals surface area contributed by atoms with Crippen LogP contribution in [-0.2, 0) is 18.9 Å². The Morgan fingerprint density at radius 3 is 2.05 bits per heavy atom. The molecule has 0 unspecified atom stereocenters. The first-order valence-corrected chi connectivity index (χ1v) is 9.96. The maximum Gasteiger partial charge on any atom is 0.164 e. The lowest BCUT2D eigenvalue weighted by Crippen LogP contribution is -2.46. The molecule has 3 heterocycles. The maximum atomic E-state index is 9.74. The first-order chi connectivity index (χ1) is 10.3. The molecule has 3 aliphatic rings. The van der Waals surface area contributed by atoms with Gasteiger partial charge in [0.25, 0.3) is 0 Å². The highest BCUT2D eigenvalue weighted by Crippen LogP contribution is 2.45. The van der Waals surface area contributed by atoms with Crippen LogP contribution in [0.4, 0.5) is 0 Å². The molecule has 0 bridgehead atoms. The van der Waals surface area contributed by atoms with Crippen molar-refractivity contribution in [3.8, 4) is 0 Å². The largest absolute Gasteiger partial charge is 0.394 e. The normalized spacial score (nSPS) is 41.9. The Kier molecular flexibility index (Phi) is 5.06. The molecule has 22 heavy (non-hydrogen) atoms. The number of aliphatic hydroxyl groups is 1. The Balaban J connectivity index is 1.88. The topological polar surface area (TPSA) is 57.2 Å². The third-order valence-corrected chi connectivity index (χ3v) is 7.07. The van der Waals surface area contributed by atoms with Gasteiger partial charge in [-0.15, -0.1) is 23.5 Å². The molecule has 0 aromatic rings. The summed E-state index contributed by atoms with van der Waals surface area (Å²) in [4.78, 5) is 0. The van der Waals surface area contributed by atoms with E-state index in [1.165, 1.54) is 6.42 Å². The fourth-order valence-electron chi connectivity index (χ4n) is 3.26. The van der Waals surface area contributed by atoms with Gasteiger partial charge in [0.05, 0.1) is 11.2 Å². The van der Waals surface area contributed by atoms with Crippen molar-refractivity contribution in [2.24, 2.45) is 0 Å². The molecule has 0 saturated carbocycles. The summed E-state index contributed by atoms with van der Waals surface area (Å²) in [6.07, 6.45) is 0.139. The third kappa shape index (κ3) is 3.61. The van der Waals surface area contributed by atoms with Crippen molar-refractivity contribution in [3.63, 3.8) is 0 Å². The fourth-order valence-corrected chi connectivity index (χ4v) is 6.29. The summed E-state index contributed by atoms with van der Waals surface area (Å²) in [6, 6.07) is 0. The molecule has 3 fully saturated rings. The highest BCUT2D eigenvalue weighted by atomic mass is 32.2. The molecule has 4 atom stereocenters. The monoisotopic (exact) mass is 350 g/mol. The molecule has 3 rings (SSSR count). The van der Waals surface area contributed by atoms with Crippen LogP contribution in [0.2, 0.25) is 0 Å². The summed E-state index contributed by atoms with van der Waals surface area (Å²) in [5.74, 6) is 0.838. The van der Waals surface area contributed by atoms with Crippen LogP contribution in [0.3, 0.4) is 0 Å². The molecule has 0 aromatic heterocycles. The molecule has 5 nitrogen and oxygen atoms in total. The minimum Gasteiger partial charge on any atom is -0.394 e. The van der Waals surface area contributed by atoms with E-state index in [2.05, 4.69) is 0 Å². The van der Waals surface area contributed by atoms with Crippen LogP contribution in [0.25, 0.3) is 0 Å². The lowest BCUT2D eigenvalue weighted by molar-refractivity contribution is -0.273. The smallest absolute Gasteiger partial charge is 0.164 e. The molecule has 0 aromatic carbocycles. The number of aliphatic hydroxyl groups excluding tert-OH is 1. The molecule has 128 valence electrons. The zero-order chi connectivity index (χ0) is 16.0. The first-order valence-electron chi connectivity index (χ1n) is 7.87. The number of rotatable bonds is 2. The van der Waals surface area contributed by atoms with E-state index in [1.807, 2.05) is 51.2 Å². The quantitative estimate of drug-likeness (QED) is 0.819. The Morgan fingerprint density at radius 1 is 0.864 bits per heavy atom. The molecule has 0 aliphatic carbocycles. The highest BCUT2D eigenvalue weighted by Gasteiger charge is 2.55. The van der Waals surface area contributed by atoms with E-state index >= 15 is 0 Å². The Labute approximate surface area is 140 Å². The van der Waals surface area contributed by atoms with Gasteiger partial charge in [-0.1, -0.05) is 0 Å². The molecule has 1 N–H and O–H groups in total. The fraction of sp³-hybridized carbons (Fsp3) is 1.00. The second-order valence-electron chi connectivity index (χ2n) is 6.85. The number of hydrogen-bond donors (Lipinski definition) is 1. The van der Waals surface area contributed by atoms with Crippen molar-refractivity contribution in [1.29, 1.82) is 0 Å². The number of ether oxygens (including phenoxy) is 4. The average molecular weight is 351 g/mol. The van der Waals surface area contributed by atoms with E-state index < -0.39 is 17.7 Å². The molecular formula is C15H26O5S2. The van der Waals surface area contributed by atoms with Gasteiger partial charge < -0.3 is 24.1 Å². The van der Waals surface area contributed by atoms with E-state index in [4.69, 9.17) is 18.9 Å². The van der Waals surface area contributed by atoms with E-state index in [0.29, 0.717) is 4.58 Å². The first kappa shape index (κ1) is 17.3. The van der Waals surface area contributed by atoms with Crippen LogP contribution >= 0.6 is 23.5 Å². The van der Waals surface area contributed by atoms with Gasteiger partial charge >= 0.3 is 0 Å². The Morgan fingerprint density at radius 2 is 1.41 bits per heavy atom. The summed E-state index contributed by atoms with van der Waals surface area (Å²) in [7, 11) is 0. The average Bonchev–Trinajstić information content (AvgIpc) is 2.74. The van der Waals surface area contributed by atoms with Crippen molar-refractivity contribution in [1.82, 2.24) is 0 Å². The zero-order valence-electron chi connectivity index (χ0n) is 13.6. The molecule has 3 saturated heterocycles. The van der Waals surface area contributed by atoms with Gasteiger partial charge in [0.2, 0.25) is 0 Å². The van der Waals surface area contributed by atoms with Crippen LogP contribution in [-0.4, -0.2) is 63.8 Å². The van der Waals surface area contributed by atoms with Crippen LogP contribution in [0.1, 0.15) is 34.1 Å². The van der Waals surface area contributed by atoms with Crippen LogP contribution in [0.5, 0.6) is 0 Å². The lowest BCUT2D eigenvalue weighted by atomic mass is 10.0. The van der Waals surface area contributed by atoms with Crippen molar-refractivity contribution in [2.45, 2.75) is 74.7 Å². The number of fused-ring (bicyclic) bond motifs is 1. The molecule has 0 radical (unpaired) electrons. The van der Waals surface area contributed by atoms with Crippen molar-refractivity contribution >= 4 is 23.5 Å². The summed E-state index contributed by atoms with van der Waals surface area (Å²) in [6.45, 7) is 7.49. The third-order valence-electron chi connectivity index (χ3n) is 4.01. The number of hydrogen-bond acceptors (Lipinski definition) is 7. The van der Waals surface area contributed by atoms with Gasteiger partial charge in [-0.05, 0) is 45.6 Å². The van der Waals surface area contributed by atoms with E-state index in [1.54, 1.807) is 0 Å². The summed E-state index contributed by atoms with van der Waals surface area (Å²) >= 11 is 3.84. The lowest BCUT2D eigenvalue weighted by Gasteiger charge is -2.36. The van der Waals surface area contributed by atoms with Crippen molar-refractivity contribution in [2.75, 3.05) is 18.1 Å². The molecule has 0 amide bonds. The maximum absolute atomic E-state index is 9.74. The van der Waals surface area contributed by atoms with Crippen molar-refractivity contribution < 1.29 is 24.1 Å². The van der Waals surface area contributed by atoms with Crippen LogP contribution < -0.4 is 0 Å². The standard InChI is InChI=1S/C15H26O5S2/c1-14(2)17-9(8-16)10-11(19-15(3,4)18-10)12(20-14)13-21-6-5-7-22-13/h9-13,16H,5-8H2,1-4H3/t9-,10+,11+,12+/m1/s1. The predicted molar refractivity (Wildman–Crippen MR) is 88.1 cm³/mol. The second kappa shape index (κ2) is 6.43. The van der Waals surface area contributed by atoms with Crippen LogP contribution in [0, 0.1) is 0 Å². The van der Waals surface area contributed by atoms with Crippen LogP contribution in [0.15, 0.2) is 0 Å². The summed E-state index contributed by atoms with van der Waals surface area (Å²) in [5, 5.41) is 9.74. The van der Waals surface area contributed by atoms with Gasteiger partial charge in [-0.2, -0.15) is 0 Å². The van der Waals surface area contributed by atoms with E-state index in [0.717, 1.165) is 11.5 Å². The molecule has 3 aliphatic heterocycles. The Hall–Kier alpha value is 0.500. The highest BCUT2D eigenvalue weighted by molar-refractivity contribution is 8.17. The molecule has 0 spiro atoms. The minimum atomic E-state index is -0.766. The Bertz CT molecular complexity index is 397. The van der Waals surface area contributed by atoms with E-state index in [9.17, 15) is 5.11 Å². The number of thioether (sulfide) groups is 2. The summed E-state index contributed by atoms with van der Waals surface area (Å²) in [5.41, 5.74) is 0. The minimum absolute atomic E-state index is 0.106. The van der Waals surface area contributed by atoms with Gasteiger partial charge in [0, 0.05) is 0 Å². The van der Waals surface area contributed by atoms with Gasteiger partial charge in [-0.3, -0.25) is 0 Å². The van der Waals surface area contributed by atoms with Gasteiger partial charge in [0.15, 0.2) is 11.6 Å².